The third-order valence-corrected chi connectivity index (χ3v) is 10.0. The number of nitrogens with one attached hydrogen (secondary N) is 1. The lowest BCUT2D eigenvalue weighted by Gasteiger charge is -2.54. The Bertz CT molecular complexity index is 1460. The van der Waals surface area contributed by atoms with Crippen LogP contribution in [0.1, 0.15) is 56.0 Å². The number of carbonyl (C=O) groups excluding carboxylic acids is 3. The zero-order chi connectivity index (χ0) is 31.6. The zero-order valence-corrected chi connectivity index (χ0v) is 27.4. The number of thiophene rings is 1. The first-order valence-electron chi connectivity index (χ1n) is 16.0. The number of carbonyl (C=O) groups is 3. The molecule has 2 fully saturated rings. The number of amides is 4. The van der Waals surface area contributed by atoms with Crippen LogP contribution in [0, 0.1) is 5.41 Å². The Morgan fingerprint density at radius 2 is 1.93 bits per heavy atom. The number of pyridine rings is 1. The molecule has 0 bridgehead atoms. The molecule has 11 heteroatoms. The van der Waals surface area contributed by atoms with E-state index in [1.807, 2.05) is 47.6 Å². The molecule has 0 atom stereocenters. The first kappa shape index (κ1) is 31.3. The number of piperidine rings is 1. The Morgan fingerprint density at radius 3 is 2.62 bits per heavy atom. The van der Waals surface area contributed by atoms with Crippen LogP contribution in [-0.4, -0.2) is 101 Å². The van der Waals surface area contributed by atoms with Crippen LogP contribution in [0.5, 0.6) is 0 Å². The zero-order valence-electron chi connectivity index (χ0n) is 26.6. The lowest BCUT2D eigenvalue weighted by Crippen LogP contribution is -2.62. The van der Waals surface area contributed by atoms with Crippen LogP contribution in [0.4, 0.5) is 15.4 Å². The van der Waals surface area contributed by atoms with Crippen LogP contribution in [0.15, 0.2) is 47.5 Å². The molecule has 0 saturated carbocycles. The lowest BCUT2D eigenvalue weighted by molar-refractivity contribution is -0.125. The van der Waals surface area contributed by atoms with Gasteiger partial charge >= 0.3 is 12.1 Å². The largest absolute Gasteiger partial charge is 0.444 e. The number of nitrogens with zero attached hydrogens (tertiary/aromatic N) is 5. The molecule has 2 aromatic heterocycles. The number of likely N-dealkylation sites (tertiary alicyclic amines) is 2. The topological polar surface area (TPSA) is 98.3 Å². The van der Waals surface area contributed by atoms with Gasteiger partial charge in [0.05, 0.1) is 6.54 Å². The Kier molecular flexibility index (Phi) is 9.01. The van der Waals surface area contributed by atoms with E-state index in [1.165, 1.54) is 10.5 Å². The maximum Gasteiger partial charge on any atom is 0.410 e. The molecule has 0 aromatic carbocycles. The van der Waals surface area contributed by atoms with Gasteiger partial charge in [0.1, 0.15) is 11.4 Å². The second-order valence-corrected chi connectivity index (χ2v) is 14.8. The molecule has 45 heavy (non-hydrogen) atoms. The number of ether oxygens (including phenoxy) is 1. The standard InChI is InChI=1S/C34H44N6O4S/c1-33(2,3)44-32(43)39-14-10-34(11-15-39)23-37(24-34)16-17-40-22-27-19-26(21-35-30(27)36-31(40)42)6-7-29(41)38-12-8-25(9-13-38)20-28-5-4-18-45-28/h4-8,18-19,21H,9-17,20,22-24H2,1-3H3,(H,35,36,42)/b7-6+. The van der Waals surface area contributed by atoms with E-state index in [2.05, 4.69) is 38.8 Å². The molecule has 10 nitrogen and oxygen atoms in total. The quantitative estimate of drug-likeness (QED) is 0.331. The second kappa shape index (κ2) is 13.0. The molecule has 4 aliphatic rings. The fourth-order valence-corrected chi connectivity index (χ4v) is 7.36. The van der Waals surface area contributed by atoms with E-state index >= 15 is 0 Å². The van der Waals surface area contributed by atoms with Crippen LogP contribution >= 0.6 is 11.3 Å². The smallest absolute Gasteiger partial charge is 0.410 e. The Balaban J connectivity index is 0.953. The first-order chi connectivity index (χ1) is 21.5. The predicted octanol–water partition coefficient (Wildman–Crippen LogP) is 5.24. The summed E-state index contributed by atoms with van der Waals surface area (Å²) in [6.07, 6.45) is 10.9. The minimum atomic E-state index is -0.478. The molecule has 240 valence electrons. The van der Waals surface area contributed by atoms with Gasteiger partial charge in [-0.1, -0.05) is 17.7 Å². The second-order valence-electron chi connectivity index (χ2n) is 13.8. The van der Waals surface area contributed by atoms with Gasteiger partial charge in [0, 0.05) is 81.5 Å². The van der Waals surface area contributed by atoms with Gasteiger partial charge in [-0.05, 0) is 74.6 Å². The maximum absolute atomic E-state index is 12.9. The van der Waals surface area contributed by atoms with Gasteiger partial charge in [-0.3, -0.25) is 10.1 Å². The van der Waals surface area contributed by atoms with Crippen molar-refractivity contribution in [3.05, 3.63) is 63.5 Å². The van der Waals surface area contributed by atoms with Crippen LogP contribution in [0.25, 0.3) is 6.08 Å². The fraction of sp³-hybridized carbons (Fsp3) is 0.529. The van der Waals surface area contributed by atoms with Gasteiger partial charge in [0.2, 0.25) is 5.91 Å². The number of rotatable bonds is 7. The molecule has 2 saturated heterocycles. The van der Waals surface area contributed by atoms with Gasteiger partial charge in [0.25, 0.3) is 0 Å². The molecule has 4 aliphatic heterocycles. The molecular formula is C34H44N6O4S. The fourth-order valence-electron chi connectivity index (χ4n) is 6.60. The van der Waals surface area contributed by atoms with E-state index in [9.17, 15) is 14.4 Å². The summed E-state index contributed by atoms with van der Waals surface area (Å²) in [7, 11) is 0. The number of hydrogen-bond acceptors (Lipinski definition) is 7. The number of aromatic nitrogens is 1. The predicted molar refractivity (Wildman–Crippen MR) is 176 cm³/mol. The molecule has 4 amide bonds. The average molecular weight is 633 g/mol. The van der Waals surface area contributed by atoms with E-state index in [0.29, 0.717) is 25.5 Å². The molecule has 1 N–H and O–H groups in total. The highest BCUT2D eigenvalue weighted by Crippen LogP contribution is 2.40. The van der Waals surface area contributed by atoms with Crippen molar-refractivity contribution in [3.8, 4) is 0 Å². The van der Waals surface area contributed by atoms with Gasteiger partial charge in [-0.25, -0.2) is 14.6 Å². The van der Waals surface area contributed by atoms with E-state index in [-0.39, 0.29) is 23.4 Å². The third kappa shape index (κ3) is 7.76. The first-order valence-corrected chi connectivity index (χ1v) is 16.8. The molecule has 6 rings (SSSR count). The van der Waals surface area contributed by atoms with Gasteiger partial charge < -0.3 is 24.3 Å². The summed E-state index contributed by atoms with van der Waals surface area (Å²) in [6, 6.07) is 6.11. The van der Waals surface area contributed by atoms with Crippen molar-refractivity contribution in [2.24, 2.45) is 5.41 Å². The van der Waals surface area contributed by atoms with Crippen LogP contribution in [-0.2, 0) is 22.5 Å². The molecule has 0 unspecified atom stereocenters. The molecule has 1 spiro atoms. The molecule has 0 aliphatic carbocycles. The number of hydrogen-bond donors (Lipinski definition) is 1. The van der Waals surface area contributed by atoms with Crippen molar-refractivity contribution in [2.45, 2.75) is 58.6 Å². The summed E-state index contributed by atoms with van der Waals surface area (Å²) in [4.78, 5) is 51.8. The molecule has 2 aromatic rings. The Hall–Kier alpha value is -3.70. The maximum atomic E-state index is 12.9. The highest BCUT2D eigenvalue weighted by molar-refractivity contribution is 7.09. The monoisotopic (exact) mass is 632 g/mol. The van der Waals surface area contributed by atoms with E-state index in [1.54, 1.807) is 23.6 Å². The highest BCUT2D eigenvalue weighted by atomic mass is 32.1. The summed E-state index contributed by atoms with van der Waals surface area (Å²) >= 11 is 1.77. The summed E-state index contributed by atoms with van der Waals surface area (Å²) in [5.41, 5.74) is 2.96. The van der Waals surface area contributed by atoms with Crippen LogP contribution in [0.2, 0.25) is 0 Å². The Labute approximate surface area is 269 Å². The Morgan fingerprint density at radius 1 is 1.13 bits per heavy atom. The van der Waals surface area contributed by atoms with Gasteiger partial charge in [0.15, 0.2) is 0 Å². The highest BCUT2D eigenvalue weighted by Gasteiger charge is 2.45. The van der Waals surface area contributed by atoms with Crippen molar-refractivity contribution in [1.82, 2.24) is 24.6 Å². The number of urea groups is 1. The molecule has 0 radical (unpaired) electrons. The minimum absolute atomic E-state index is 0.00286. The summed E-state index contributed by atoms with van der Waals surface area (Å²) in [5.74, 6) is 0.579. The van der Waals surface area contributed by atoms with Crippen LogP contribution < -0.4 is 5.32 Å². The van der Waals surface area contributed by atoms with E-state index in [0.717, 1.165) is 76.1 Å². The van der Waals surface area contributed by atoms with Gasteiger partial charge in [-0.2, -0.15) is 0 Å². The van der Waals surface area contributed by atoms with Crippen molar-refractivity contribution in [1.29, 1.82) is 0 Å². The average Bonchev–Trinajstić information content (AvgIpc) is 3.50. The molecular weight excluding hydrogens is 588 g/mol. The lowest BCUT2D eigenvalue weighted by atomic mass is 9.72. The van der Waals surface area contributed by atoms with Crippen molar-refractivity contribution >= 4 is 41.3 Å². The number of fused-ring (bicyclic) bond motifs is 1. The third-order valence-electron chi connectivity index (χ3n) is 9.16. The SMILES string of the molecule is CC(C)(C)OC(=O)N1CCC2(CC1)CN(CCN1Cc3cc(/C=C/C(=O)N4CC=C(Cc5cccs5)CC4)cnc3NC1=O)C2. The number of anilines is 1. The van der Waals surface area contributed by atoms with Crippen molar-refractivity contribution in [3.63, 3.8) is 0 Å². The van der Waals surface area contributed by atoms with Crippen molar-refractivity contribution < 1.29 is 19.1 Å². The summed E-state index contributed by atoms with van der Waals surface area (Å²) in [5, 5.41) is 5.03. The minimum Gasteiger partial charge on any atom is -0.444 e. The van der Waals surface area contributed by atoms with E-state index in [4.69, 9.17) is 4.74 Å². The summed E-state index contributed by atoms with van der Waals surface area (Å²) < 4.78 is 5.54. The normalized spacial score (nSPS) is 20.1. The van der Waals surface area contributed by atoms with Gasteiger partial charge in [-0.15, -0.1) is 11.3 Å². The van der Waals surface area contributed by atoms with Crippen molar-refractivity contribution in [2.75, 3.05) is 57.7 Å². The van der Waals surface area contributed by atoms with Crippen LogP contribution in [0.3, 0.4) is 0 Å². The summed E-state index contributed by atoms with van der Waals surface area (Å²) in [6.45, 7) is 12.4. The van der Waals surface area contributed by atoms with E-state index < -0.39 is 5.60 Å². The molecule has 6 heterocycles.